The zero-order valence-electron chi connectivity index (χ0n) is 10.6. The first-order chi connectivity index (χ1) is 8.02. The standard InChI is InChI=1S/C11H21N3O2S/c1-4-9(10(12)13-16)11(15)14-5-6-17-8(3)7(14)2/h7-9,16H,4-6H2,1-3H3,(H2,12,13). The molecule has 0 aromatic rings. The van der Waals surface area contributed by atoms with Crippen molar-refractivity contribution >= 4 is 23.5 Å². The third-order valence-corrected chi connectivity index (χ3v) is 4.68. The van der Waals surface area contributed by atoms with Crippen LogP contribution in [0.3, 0.4) is 0 Å². The molecule has 1 rings (SSSR count). The number of nitrogens with zero attached hydrogens (tertiary/aromatic N) is 2. The molecule has 3 unspecified atom stereocenters. The van der Waals surface area contributed by atoms with Crippen LogP contribution in [0.15, 0.2) is 5.16 Å². The molecule has 1 saturated heterocycles. The number of amidine groups is 1. The first-order valence-electron chi connectivity index (χ1n) is 5.92. The smallest absolute Gasteiger partial charge is 0.233 e. The molecule has 0 spiro atoms. The lowest BCUT2D eigenvalue weighted by Crippen LogP contribution is -2.52. The van der Waals surface area contributed by atoms with Gasteiger partial charge in [0.15, 0.2) is 5.84 Å². The zero-order valence-corrected chi connectivity index (χ0v) is 11.4. The van der Waals surface area contributed by atoms with Crippen LogP contribution in [-0.4, -0.2) is 45.4 Å². The van der Waals surface area contributed by atoms with E-state index in [1.165, 1.54) is 0 Å². The average molecular weight is 259 g/mol. The molecule has 1 amide bonds. The monoisotopic (exact) mass is 259 g/mol. The SMILES string of the molecule is CCC(C(=O)N1CCSC(C)C1C)C(N)=NO. The predicted octanol–water partition coefficient (Wildman–Crippen LogP) is 1.11. The summed E-state index contributed by atoms with van der Waals surface area (Å²) in [5.74, 6) is 0.430. The van der Waals surface area contributed by atoms with Gasteiger partial charge in [-0.15, -0.1) is 0 Å². The van der Waals surface area contributed by atoms with E-state index in [4.69, 9.17) is 10.9 Å². The molecule has 6 heteroatoms. The van der Waals surface area contributed by atoms with Crippen molar-refractivity contribution in [2.75, 3.05) is 12.3 Å². The van der Waals surface area contributed by atoms with Gasteiger partial charge in [-0.25, -0.2) is 0 Å². The van der Waals surface area contributed by atoms with E-state index in [9.17, 15) is 4.79 Å². The number of carbonyl (C=O) groups excluding carboxylic acids is 1. The van der Waals surface area contributed by atoms with Crippen LogP contribution in [0.4, 0.5) is 0 Å². The highest BCUT2D eigenvalue weighted by molar-refractivity contribution is 8.00. The summed E-state index contributed by atoms with van der Waals surface area (Å²) in [6.07, 6.45) is 0.555. The molecule has 98 valence electrons. The molecule has 1 aliphatic rings. The number of amides is 1. The van der Waals surface area contributed by atoms with Crippen molar-refractivity contribution in [1.29, 1.82) is 0 Å². The molecule has 0 bridgehead atoms. The Morgan fingerprint density at radius 3 is 2.82 bits per heavy atom. The maximum Gasteiger partial charge on any atom is 0.233 e. The molecule has 5 nitrogen and oxygen atoms in total. The summed E-state index contributed by atoms with van der Waals surface area (Å²) in [5.41, 5.74) is 5.56. The van der Waals surface area contributed by atoms with Crippen molar-refractivity contribution in [2.45, 2.75) is 38.5 Å². The quantitative estimate of drug-likeness (QED) is 0.344. The molecule has 1 fully saturated rings. The molecule has 0 aliphatic carbocycles. The van der Waals surface area contributed by atoms with Crippen molar-refractivity contribution < 1.29 is 10.0 Å². The van der Waals surface area contributed by atoms with Gasteiger partial charge in [-0.1, -0.05) is 19.0 Å². The second-order valence-electron chi connectivity index (χ2n) is 4.33. The number of hydrogen-bond donors (Lipinski definition) is 2. The second-order valence-corrected chi connectivity index (χ2v) is 5.82. The van der Waals surface area contributed by atoms with Gasteiger partial charge in [-0.3, -0.25) is 4.79 Å². The molecule has 3 atom stereocenters. The number of hydrogen-bond acceptors (Lipinski definition) is 4. The highest BCUT2D eigenvalue weighted by Crippen LogP contribution is 2.26. The second kappa shape index (κ2) is 6.14. The molecule has 1 heterocycles. The van der Waals surface area contributed by atoms with Crippen molar-refractivity contribution in [3.8, 4) is 0 Å². The van der Waals surface area contributed by atoms with Crippen LogP contribution in [-0.2, 0) is 4.79 Å². The Morgan fingerprint density at radius 1 is 1.65 bits per heavy atom. The third-order valence-electron chi connectivity index (χ3n) is 3.35. The summed E-state index contributed by atoms with van der Waals surface area (Å²) in [5, 5.41) is 12.1. The molecule has 0 saturated carbocycles. The van der Waals surface area contributed by atoms with E-state index in [1.54, 1.807) is 0 Å². The van der Waals surface area contributed by atoms with Gasteiger partial charge in [-0.05, 0) is 13.3 Å². The fourth-order valence-electron chi connectivity index (χ4n) is 2.02. The summed E-state index contributed by atoms with van der Waals surface area (Å²) in [7, 11) is 0. The fraction of sp³-hybridized carbons (Fsp3) is 0.818. The summed E-state index contributed by atoms with van der Waals surface area (Å²) >= 11 is 1.88. The third kappa shape index (κ3) is 3.06. The minimum Gasteiger partial charge on any atom is -0.409 e. The van der Waals surface area contributed by atoms with Crippen LogP contribution in [0.25, 0.3) is 0 Å². The number of oxime groups is 1. The molecule has 1 aliphatic heterocycles. The van der Waals surface area contributed by atoms with E-state index in [1.807, 2.05) is 30.5 Å². The van der Waals surface area contributed by atoms with Crippen molar-refractivity contribution in [3.05, 3.63) is 0 Å². The highest BCUT2D eigenvalue weighted by Gasteiger charge is 2.33. The van der Waals surface area contributed by atoms with Crippen molar-refractivity contribution in [1.82, 2.24) is 4.90 Å². The van der Waals surface area contributed by atoms with Gasteiger partial charge in [0.1, 0.15) is 0 Å². The summed E-state index contributed by atoms with van der Waals surface area (Å²) in [6, 6.07) is 0.196. The molecule has 0 aromatic carbocycles. The maximum absolute atomic E-state index is 12.3. The van der Waals surface area contributed by atoms with Crippen molar-refractivity contribution in [2.24, 2.45) is 16.8 Å². The Balaban J connectivity index is 2.80. The zero-order chi connectivity index (χ0) is 13.0. The molecule has 3 N–H and O–H groups in total. The summed E-state index contributed by atoms with van der Waals surface area (Å²) in [6.45, 7) is 6.78. The van der Waals surface area contributed by atoms with Crippen LogP contribution in [0.1, 0.15) is 27.2 Å². The van der Waals surface area contributed by atoms with Crippen LogP contribution < -0.4 is 5.73 Å². The van der Waals surface area contributed by atoms with Crippen molar-refractivity contribution in [3.63, 3.8) is 0 Å². The van der Waals surface area contributed by atoms with Crippen LogP contribution in [0, 0.1) is 5.92 Å². The van der Waals surface area contributed by atoms with E-state index >= 15 is 0 Å². The molecule has 0 radical (unpaired) electrons. The Morgan fingerprint density at radius 2 is 2.29 bits per heavy atom. The van der Waals surface area contributed by atoms with Gasteiger partial charge in [-0.2, -0.15) is 11.8 Å². The maximum atomic E-state index is 12.3. The molecule has 0 aromatic heterocycles. The van der Waals surface area contributed by atoms with Gasteiger partial charge in [0, 0.05) is 23.6 Å². The summed E-state index contributed by atoms with van der Waals surface area (Å²) < 4.78 is 0. The normalized spacial score (nSPS) is 27.9. The molecular weight excluding hydrogens is 238 g/mol. The number of thioether (sulfide) groups is 1. The van der Waals surface area contributed by atoms with Crippen LogP contribution >= 0.6 is 11.8 Å². The van der Waals surface area contributed by atoms with E-state index in [0.717, 1.165) is 12.3 Å². The first kappa shape index (κ1) is 14.2. The van der Waals surface area contributed by atoms with Gasteiger partial charge < -0.3 is 15.8 Å². The van der Waals surface area contributed by atoms with E-state index in [-0.39, 0.29) is 17.8 Å². The van der Waals surface area contributed by atoms with Gasteiger partial charge in [0.05, 0.1) is 5.92 Å². The van der Waals surface area contributed by atoms with E-state index in [0.29, 0.717) is 11.7 Å². The van der Waals surface area contributed by atoms with Crippen LogP contribution in [0.2, 0.25) is 0 Å². The average Bonchev–Trinajstić information content (AvgIpc) is 2.33. The lowest BCUT2D eigenvalue weighted by molar-refractivity contribution is -0.135. The van der Waals surface area contributed by atoms with E-state index in [2.05, 4.69) is 12.1 Å². The van der Waals surface area contributed by atoms with Gasteiger partial charge in [0.2, 0.25) is 5.91 Å². The Hall–Kier alpha value is -0.910. The fourth-order valence-corrected chi connectivity index (χ4v) is 3.12. The summed E-state index contributed by atoms with van der Waals surface area (Å²) in [4.78, 5) is 14.2. The lowest BCUT2D eigenvalue weighted by Gasteiger charge is -2.39. The van der Waals surface area contributed by atoms with E-state index < -0.39 is 5.92 Å². The molecular formula is C11H21N3O2S. The van der Waals surface area contributed by atoms with Gasteiger partial charge in [0.25, 0.3) is 0 Å². The number of nitrogens with two attached hydrogens (primary N) is 1. The largest absolute Gasteiger partial charge is 0.409 e. The Labute approximate surface area is 106 Å². The highest BCUT2D eigenvalue weighted by atomic mass is 32.2. The minimum absolute atomic E-state index is 0.00980. The minimum atomic E-state index is -0.502. The lowest BCUT2D eigenvalue weighted by atomic mass is 10.0. The Bertz CT molecular complexity index is 309. The topological polar surface area (TPSA) is 78.9 Å². The van der Waals surface area contributed by atoms with Gasteiger partial charge >= 0.3 is 0 Å². The number of rotatable bonds is 3. The Kier molecular flexibility index (Phi) is 5.11. The molecule has 17 heavy (non-hydrogen) atoms. The first-order valence-corrected chi connectivity index (χ1v) is 6.97. The van der Waals surface area contributed by atoms with Crippen LogP contribution in [0.5, 0.6) is 0 Å². The number of carbonyl (C=O) groups is 1. The predicted molar refractivity (Wildman–Crippen MR) is 70.3 cm³/mol.